The summed E-state index contributed by atoms with van der Waals surface area (Å²) in [6.45, 7) is 8.15. The van der Waals surface area contributed by atoms with Gasteiger partial charge in [0.25, 0.3) is 0 Å². The Kier molecular flexibility index (Phi) is 3.20. The minimum absolute atomic E-state index is 1.17. The molecule has 11 heavy (non-hydrogen) atoms. The van der Waals surface area contributed by atoms with E-state index in [0.717, 1.165) is 0 Å². The minimum atomic E-state index is -4.46. The second-order valence-corrected chi connectivity index (χ2v) is 3.34. The Morgan fingerprint density at radius 1 is 1.45 bits per heavy atom. The molecule has 0 aliphatic carbocycles. The van der Waals surface area contributed by atoms with Crippen LogP contribution in [0.25, 0.3) is 0 Å². The first kappa shape index (κ1) is 10.6. The zero-order valence-electron chi connectivity index (χ0n) is 6.23. The first-order chi connectivity index (χ1) is 4.83. The molecule has 0 heterocycles. The Morgan fingerprint density at radius 2 is 1.82 bits per heavy atom. The highest BCUT2D eigenvalue weighted by Gasteiger charge is 2.27. The van der Waals surface area contributed by atoms with Crippen molar-refractivity contribution in [2.75, 3.05) is 0 Å². The predicted molar refractivity (Wildman–Crippen MR) is 41.9 cm³/mol. The van der Waals surface area contributed by atoms with Crippen LogP contribution in [0.4, 0.5) is 0 Å². The van der Waals surface area contributed by atoms with Crippen LogP contribution in [0.5, 0.6) is 0 Å². The molecule has 0 radical (unpaired) electrons. The van der Waals surface area contributed by atoms with Crippen LogP contribution in [0, 0.1) is 0 Å². The van der Waals surface area contributed by atoms with Gasteiger partial charge in [0.2, 0.25) is 0 Å². The van der Waals surface area contributed by atoms with Crippen molar-refractivity contribution in [3.63, 3.8) is 0 Å². The van der Waals surface area contributed by atoms with Gasteiger partial charge in [0, 0.05) is 0 Å². The fourth-order valence-electron chi connectivity index (χ4n) is 0.414. The van der Waals surface area contributed by atoms with Gasteiger partial charge in [0.15, 0.2) is 0 Å². The number of rotatable bonds is 4. The van der Waals surface area contributed by atoms with Crippen LogP contribution in [0.1, 0.15) is 6.92 Å². The Labute approximate surface area is 65.4 Å². The van der Waals surface area contributed by atoms with Crippen molar-refractivity contribution in [1.82, 2.24) is 0 Å². The zero-order chi connectivity index (χ0) is 9.12. The van der Waals surface area contributed by atoms with Gasteiger partial charge >= 0.3 is 7.82 Å². The Morgan fingerprint density at radius 3 is 1.91 bits per heavy atom. The van der Waals surface area contributed by atoms with Gasteiger partial charge < -0.3 is 9.79 Å². The van der Waals surface area contributed by atoms with Gasteiger partial charge in [-0.05, 0) is 6.92 Å². The topological polar surface area (TPSA) is 66.8 Å². The SMILES string of the molecule is C=CC(C)(C=C)OP(=O)(O)O. The van der Waals surface area contributed by atoms with Gasteiger partial charge in [-0.25, -0.2) is 4.57 Å². The summed E-state index contributed by atoms with van der Waals surface area (Å²) >= 11 is 0. The summed E-state index contributed by atoms with van der Waals surface area (Å²) < 4.78 is 14.7. The van der Waals surface area contributed by atoms with E-state index in [0.29, 0.717) is 0 Å². The standard InChI is InChI=1S/C6H11O4P/c1-4-6(3,5-2)10-11(7,8)9/h4-5H,1-2H2,3H3,(H2,7,8,9). The molecule has 0 fully saturated rings. The third-order valence-electron chi connectivity index (χ3n) is 1.13. The molecule has 0 aliphatic heterocycles. The van der Waals surface area contributed by atoms with E-state index in [9.17, 15) is 4.57 Å². The molecule has 0 aliphatic rings. The van der Waals surface area contributed by atoms with E-state index in [1.165, 1.54) is 19.1 Å². The summed E-state index contributed by atoms with van der Waals surface area (Å²) in [5.74, 6) is 0. The van der Waals surface area contributed by atoms with E-state index in [1.807, 2.05) is 0 Å². The molecule has 0 unspecified atom stereocenters. The molecule has 5 heteroatoms. The van der Waals surface area contributed by atoms with E-state index in [1.54, 1.807) is 0 Å². The molecule has 0 aromatic rings. The molecule has 64 valence electrons. The fraction of sp³-hybridized carbons (Fsp3) is 0.333. The van der Waals surface area contributed by atoms with E-state index in [4.69, 9.17) is 9.79 Å². The molecule has 0 aromatic carbocycles. The van der Waals surface area contributed by atoms with E-state index >= 15 is 0 Å². The Balaban J connectivity index is 4.44. The van der Waals surface area contributed by atoms with Gasteiger partial charge in [0.1, 0.15) is 5.60 Å². The summed E-state index contributed by atoms with van der Waals surface area (Å²) in [4.78, 5) is 16.8. The van der Waals surface area contributed by atoms with Crippen molar-refractivity contribution in [3.05, 3.63) is 25.3 Å². The van der Waals surface area contributed by atoms with Gasteiger partial charge in [-0.2, -0.15) is 0 Å². The molecule has 0 atom stereocenters. The largest absolute Gasteiger partial charge is 0.470 e. The van der Waals surface area contributed by atoms with Gasteiger partial charge in [-0.1, -0.05) is 25.3 Å². The second kappa shape index (κ2) is 3.32. The minimum Gasteiger partial charge on any atom is -0.303 e. The summed E-state index contributed by atoms with van der Waals surface area (Å²) in [6, 6.07) is 0. The molecule has 0 amide bonds. The van der Waals surface area contributed by atoms with Crippen LogP contribution < -0.4 is 0 Å². The van der Waals surface area contributed by atoms with Gasteiger partial charge in [0.05, 0.1) is 0 Å². The smallest absolute Gasteiger partial charge is 0.303 e. The highest BCUT2D eigenvalue weighted by atomic mass is 31.2. The normalized spacial score (nSPS) is 12.6. The van der Waals surface area contributed by atoms with Crippen LogP contribution in [0.3, 0.4) is 0 Å². The first-order valence-electron chi connectivity index (χ1n) is 2.86. The molecule has 0 aromatic heterocycles. The van der Waals surface area contributed by atoms with Crippen LogP contribution in [-0.2, 0) is 9.09 Å². The van der Waals surface area contributed by atoms with E-state index in [-0.39, 0.29) is 0 Å². The van der Waals surface area contributed by atoms with Crippen molar-refractivity contribution in [2.24, 2.45) is 0 Å². The maximum atomic E-state index is 10.3. The van der Waals surface area contributed by atoms with Crippen LogP contribution in [0.2, 0.25) is 0 Å². The lowest BCUT2D eigenvalue weighted by atomic mass is 10.1. The maximum Gasteiger partial charge on any atom is 0.470 e. The average molecular weight is 178 g/mol. The first-order valence-corrected chi connectivity index (χ1v) is 4.39. The van der Waals surface area contributed by atoms with Crippen molar-refractivity contribution in [2.45, 2.75) is 12.5 Å². The van der Waals surface area contributed by atoms with E-state index in [2.05, 4.69) is 17.7 Å². The van der Waals surface area contributed by atoms with Crippen LogP contribution >= 0.6 is 7.82 Å². The molecule has 0 saturated heterocycles. The summed E-state index contributed by atoms with van der Waals surface area (Å²) in [7, 11) is -4.46. The van der Waals surface area contributed by atoms with Gasteiger partial charge in [-0.3, -0.25) is 4.52 Å². The van der Waals surface area contributed by atoms with Crippen molar-refractivity contribution in [3.8, 4) is 0 Å². The number of phosphoric ester groups is 1. The third kappa shape index (κ3) is 4.11. The molecule has 0 spiro atoms. The number of phosphoric acid groups is 1. The Hall–Kier alpha value is -0.410. The molecule has 2 N–H and O–H groups in total. The lowest BCUT2D eigenvalue weighted by Crippen LogP contribution is -2.20. The molecule has 0 saturated carbocycles. The molecule has 0 rings (SSSR count). The second-order valence-electron chi connectivity index (χ2n) is 2.17. The molecular weight excluding hydrogens is 167 g/mol. The van der Waals surface area contributed by atoms with Crippen molar-refractivity contribution < 1.29 is 18.9 Å². The van der Waals surface area contributed by atoms with Crippen LogP contribution in [-0.4, -0.2) is 15.4 Å². The predicted octanol–water partition coefficient (Wildman–Crippen LogP) is 1.23. The fourth-order valence-corrected chi connectivity index (χ4v) is 1.08. The quantitative estimate of drug-likeness (QED) is 0.501. The van der Waals surface area contributed by atoms with Crippen molar-refractivity contribution >= 4 is 7.82 Å². The summed E-state index contributed by atoms with van der Waals surface area (Å²) in [6.07, 6.45) is 2.53. The lowest BCUT2D eigenvalue weighted by Gasteiger charge is -2.21. The zero-order valence-corrected chi connectivity index (χ0v) is 7.12. The highest BCUT2D eigenvalue weighted by molar-refractivity contribution is 7.46. The van der Waals surface area contributed by atoms with Crippen LogP contribution in [0.15, 0.2) is 25.3 Å². The van der Waals surface area contributed by atoms with E-state index < -0.39 is 13.4 Å². The number of hydrogen-bond acceptors (Lipinski definition) is 2. The monoisotopic (exact) mass is 178 g/mol. The van der Waals surface area contributed by atoms with Crippen molar-refractivity contribution in [1.29, 1.82) is 0 Å². The maximum absolute atomic E-state index is 10.3. The highest BCUT2D eigenvalue weighted by Crippen LogP contribution is 2.41. The molecule has 4 nitrogen and oxygen atoms in total. The Bertz CT molecular complexity index is 197. The molecular formula is C6H11O4P. The third-order valence-corrected chi connectivity index (χ3v) is 1.76. The summed E-state index contributed by atoms with van der Waals surface area (Å²) in [5.41, 5.74) is -1.17. The average Bonchev–Trinajstić information content (AvgIpc) is 1.84. The molecule has 0 bridgehead atoms. The summed E-state index contributed by atoms with van der Waals surface area (Å²) in [5, 5.41) is 0. The lowest BCUT2D eigenvalue weighted by molar-refractivity contribution is 0.125. The number of hydrogen-bond donors (Lipinski definition) is 2. The van der Waals surface area contributed by atoms with Gasteiger partial charge in [-0.15, -0.1) is 0 Å².